The van der Waals surface area contributed by atoms with Crippen LogP contribution < -0.4 is 5.32 Å². The molecule has 0 amide bonds. The van der Waals surface area contributed by atoms with Crippen LogP contribution in [0.4, 0.5) is 0 Å². The van der Waals surface area contributed by atoms with Crippen molar-refractivity contribution in [2.45, 2.75) is 39.7 Å². The van der Waals surface area contributed by atoms with Gasteiger partial charge in [0, 0.05) is 19.3 Å². The van der Waals surface area contributed by atoms with Gasteiger partial charge in [-0.2, -0.15) is 5.10 Å². The molecule has 2 atom stereocenters. The summed E-state index contributed by atoms with van der Waals surface area (Å²) in [6.07, 6.45) is 6.42. The van der Waals surface area contributed by atoms with Crippen molar-refractivity contribution in [3.63, 3.8) is 0 Å². The summed E-state index contributed by atoms with van der Waals surface area (Å²) < 4.78 is 1.87. The van der Waals surface area contributed by atoms with Gasteiger partial charge in [-0.05, 0) is 37.8 Å². The van der Waals surface area contributed by atoms with E-state index in [1.807, 2.05) is 17.9 Å². The number of aryl methyl sites for hydroxylation is 2. The van der Waals surface area contributed by atoms with Crippen molar-refractivity contribution >= 4 is 0 Å². The predicted molar refractivity (Wildman–Crippen MR) is 63.8 cm³/mol. The van der Waals surface area contributed by atoms with Gasteiger partial charge in [0.2, 0.25) is 0 Å². The number of hydrogen-bond acceptors (Lipinski definition) is 2. The fourth-order valence-corrected chi connectivity index (χ4v) is 1.77. The van der Waals surface area contributed by atoms with Gasteiger partial charge in [-0.25, -0.2) is 0 Å². The molecule has 0 saturated carbocycles. The molecular formula is C12H23N3. The second-order valence-corrected chi connectivity index (χ2v) is 4.38. The van der Waals surface area contributed by atoms with E-state index in [1.54, 1.807) is 0 Å². The van der Waals surface area contributed by atoms with Gasteiger partial charge >= 0.3 is 0 Å². The van der Waals surface area contributed by atoms with E-state index in [9.17, 15) is 0 Å². The van der Waals surface area contributed by atoms with Gasteiger partial charge in [-0.3, -0.25) is 4.68 Å². The van der Waals surface area contributed by atoms with E-state index < -0.39 is 0 Å². The van der Waals surface area contributed by atoms with Gasteiger partial charge in [0.15, 0.2) is 0 Å². The molecule has 0 fully saturated rings. The summed E-state index contributed by atoms with van der Waals surface area (Å²) in [6, 6.07) is 0.603. The lowest BCUT2D eigenvalue weighted by Gasteiger charge is -2.20. The van der Waals surface area contributed by atoms with E-state index in [4.69, 9.17) is 0 Å². The van der Waals surface area contributed by atoms with E-state index in [0.29, 0.717) is 12.0 Å². The minimum absolute atomic E-state index is 0.603. The van der Waals surface area contributed by atoms with Crippen molar-refractivity contribution in [2.75, 3.05) is 6.54 Å². The number of hydrogen-bond donors (Lipinski definition) is 1. The lowest BCUT2D eigenvalue weighted by atomic mass is 9.96. The lowest BCUT2D eigenvalue weighted by Crippen LogP contribution is -2.32. The summed E-state index contributed by atoms with van der Waals surface area (Å²) >= 11 is 0. The average Bonchev–Trinajstić information content (AvgIpc) is 2.61. The van der Waals surface area contributed by atoms with Gasteiger partial charge in [-0.15, -0.1) is 0 Å². The van der Waals surface area contributed by atoms with E-state index in [1.165, 1.54) is 12.0 Å². The summed E-state index contributed by atoms with van der Waals surface area (Å²) in [5, 5.41) is 7.64. The van der Waals surface area contributed by atoms with Gasteiger partial charge in [0.25, 0.3) is 0 Å². The normalized spacial score (nSPS) is 15.2. The molecule has 0 aliphatic heterocycles. The molecule has 0 bridgehead atoms. The summed E-state index contributed by atoms with van der Waals surface area (Å²) in [5.74, 6) is 0.713. The Morgan fingerprint density at radius 2 is 2.20 bits per heavy atom. The van der Waals surface area contributed by atoms with E-state index in [2.05, 4.69) is 37.4 Å². The van der Waals surface area contributed by atoms with Gasteiger partial charge in [0.05, 0.1) is 6.20 Å². The molecule has 1 rings (SSSR count). The van der Waals surface area contributed by atoms with Crippen LogP contribution in [0.3, 0.4) is 0 Å². The zero-order valence-electron chi connectivity index (χ0n) is 10.3. The third-order valence-corrected chi connectivity index (χ3v) is 3.03. The number of aromatic nitrogens is 2. The highest BCUT2D eigenvalue weighted by atomic mass is 15.2. The maximum atomic E-state index is 4.18. The van der Waals surface area contributed by atoms with Crippen LogP contribution in [0, 0.1) is 5.92 Å². The predicted octanol–water partition coefficient (Wildman–Crippen LogP) is 1.99. The highest BCUT2D eigenvalue weighted by Crippen LogP contribution is 2.12. The zero-order valence-corrected chi connectivity index (χ0v) is 10.3. The Balaban J connectivity index is 2.30. The molecule has 86 valence electrons. The minimum Gasteiger partial charge on any atom is -0.314 e. The van der Waals surface area contributed by atoms with Gasteiger partial charge < -0.3 is 5.32 Å². The topological polar surface area (TPSA) is 29.9 Å². The smallest absolute Gasteiger partial charge is 0.0521 e. The van der Waals surface area contributed by atoms with Gasteiger partial charge in [-0.1, -0.05) is 13.8 Å². The number of rotatable bonds is 6. The van der Waals surface area contributed by atoms with Gasteiger partial charge in [0.1, 0.15) is 0 Å². The summed E-state index contributed by atoms with van der Waals surface area (Å²) in [4.78, 5) is 0. The molecule has 1 aromatic heterocycles. The molecular weight excluding hydrogens is 186 g/mol. The van der Waals surface area contributed by atoms with Crippen LogP contribution in [-0.2, 0) is 13.5 Å². The highest BCUT2D eigenvalue weighted by Gasteiger charge is 2.10. The molecule has 3 heteroatoms. The third-order valence-electron chi connectivity index (χ3n) is 3.03. The minimum atomic E-state index is 0.603. The molecule has 3 nitrogen and oxygen atoms in total. The van der Waals surface area contributed by atoms with Crippen molar-refractivity contribution in [1.29, 1.82) is 0 Å². The fourth-order valence-electron chi connectivity index (χ4n) is 1.77. The Hall–Kier alpha value is -0.830. The molecule has 2 unspecified atom stereocenters. The summed E-state index contributed by atoms with van der Waals surface area (Å²) in [6.45, 7) is 7.78. The molecule has 15 heavy (non-hydrogen) atoms. The van der Waals surface area contributed by atoms with Crippen molar-refractivity contribution in [3.8, 4) is 0 Å². The molecule has 0 spiro atoms. The van der Waals surface area contributed by atoms with Crippen molar-refractivity contribution in [1.82, 2.24) is 15.1 Å². The van der Waals surface area contributed by atoms with Crippen molar-refractivity contribution < 1.29 is 0 Å². The highest BCUT2D eigenvalue weighted by molar-refractivity contribution is 5.03. The first-order valence-corrected chi connectivity index (χ1v) is 5.84. The molecule has 0 aromatic carbocycles. The molecule has 1 N–H and O–H groups in total. The van der Waals surface area contributed by atoms with E-state index in [-0.39, 0.29) is 0 Å². The summed E-state index contributed by atoms with van der Waals surface area (Å²) in [5.41, 5.74) is 1.34. The molecule has 0 radical (unpaired) electrons. The Labute approximate surface area is 92.9 Å². The third kappa shape index (κ3) is 4.04. The molecule has 0 aliphatic carbocycles. The Morgan fingerprint density at radius 1 is 1.47 bits per heavy atom. The van der Waals surface area contributed by atoms with Crippen LogP contribution in [0.2, 0.25) is 0 Å². The maximum absolute atomic E-state index is 4.18. The van der Waals surface area contributed by atoms with Crippen LogP contribution in [0.5, 0.6) is 0 Å². The molecule has 1 aromatic rings. The molecule has 0 aliphatic rings. The first kappa shape index (κ1) is 12.2. The SMILES string of the molecule is CCNC(C)C(C)CCc1cnn(C)c1. The lowest BCUT2D eigenvalue weighted by molar-refractivity contribution is 0.386. The van der Waals surface area contributed by atoms with E-state index in [0.717, 1.165) is 13.0 Å². The monoisotopic (exact) mass is 209 g/mol. The van der Waals surface area contributed by atoms with Crippen molar-refractivity contribution in [3.05, 3.63) is 18.0 Å². The van der Waals surface area contributed by atoms with Crippen LogP contribution in [0.25, 0.3) is 0 Å². The standard InChI is InChI=1S/C12H23N3/c1-5-13-11(3)10(2)6-7-12-8-14-15(4)9-12/h8-11,13H,5-7H2,1-4H3. The second kappa shape index (κ2) is 5.91. The van der Waals surface area contributed by atoms with Crippen LogP contribution >= 0.6 is 0 Å². The number of nitrogens with zero attached hydrogens (tertiary/aromatic N) is 2. The Bertz CT molecular complexity index is 280. The number of nitrogens with one attached hydrogen (secondary N) is 1. The first-order chi connectivity index (χ1) is 7.13. The molecule has 0 saturated heterocycles. The Morgan fingerprint density at radius 3 is 2.73 bits per heavy atom. The zero-order chi connectivity index (χ0) is 11.3. The van der Waals surface area contributed by atoms with Crippen LogP contribution in [-0.4, -0.2) is 22.4 Å². The fraction of sp³-hybridized carbons (Fsp3) is 0.750. The van der Waals surface area contributed by atoms with Crippen LogP contribution in [0.15, 0.2) is 12.4 Å². The van der Waals surface area contributed by atoms with Crippen molar-refractivity contribution in [2.24, 2.45) is 13.0 Å². The Kier molecular flexibility index (Phi) is 4.82. The summed E-state index contributed by atoms with van der Waals surface area (Å²) in [7, 11) is 1.97. The maximum Gasteiger partial charge on any atom is 0.0521 e. The largest absolute Gasteiger partial charge is 0.314 e. The second-order valence-electron chi connectivity index (χ2n) is 4.38. The van der Waals surface area contributed by atoms with Crippen LogP contribution in [0.1, 0.15) is 32.8 Å². The average molecular weight is 209 g/mol. The quantitative estimate of drug-likeness (QED) is 0.776. The molecule has 1 heterocycles. The van der Waals surface area contributed by atoms with E-state index >= 15 is 0 Å². The first-order valence-electron chi connectivity index (χ1n) is 5.84.